The number of nitrogens with two attached hydrogens (primary N) is 1. The van der Waals surface area contributed by atoms with E-state index in [4.69, 9.17) is 5.73 Å². The number of nitrogens with zero attached hydrogens (tertiary/aromatic N) is 5. The molecule has 0 fully saturated rings. The zero-order chi connectivity index (χ0) is 21.5. The van der Waals surface area contributed by atoms with Crippen molar-refractivity contribution in [2.75, 3.05) is 11.5 Å². The van der Waals surface area contributed by atoms with Gasteiger partial charge in [0.1, 0.15) is 11.4 Å². The summed E-state index contributed by atoms with van der Waals surface area (Å²) in [5.74, 6) is -0.153. The van der Waals surface area contributed by atoms with Gasteiger partial charge in [0.2, 0.25) is 5.16 Å². The highest BCUT2D eigenvalue weighted by atomic mass is 32.2. The Morgan fingerprint density at radius 2 is 1.90 bits per heavy atom. The van der Waals surface area contributed by atoms with E-state index in [1.807, 2.05) is 34.6 Å². The van der Waals surface area contributed by atoms with Crippen molar-refractivity contribution < 1.29 is 4.79 Å². The topological polar surface area (TPSA) is 141 Å². The second kappa shape index (κ2) is 7.82. The van der Waals surface area contributed by atoms with Gasteiger partial charge in [-0.3, -0.25) is 19.1 Å². The molecule has 0 spiro atoms. The summed E-state index contributed by atoms with van der Waals surface area (Å²) in [6, 6.07) is 0. The van der Waals surface area contributed by atoms with Crippen LogP contribution in [0.3, 0.4) is 0 Å². The number of nitrogen functional groups attached to an aromatic ring is 1. The smallest absolute Gasteiger partial charge is 0.329 e. The second-order valence-corrected chi connectivity index (χ2v) is 8.19. The van der Waals surface area contributed by atoms with Crippen molar-refractivity contribution in [3.8, 4) is 0 Å². The van der Waals surface area contributed by atoms with Crippen LogP contribution in [0, 0.1) is 26.7 Å². The zero-order valence-corrected chi connectivity index (χ0v) is 17.8. The number of anilines is 1. The highest BCUT2D eigenvalue weighted by Gasteiger charge is 2.21. The monoisotopic (exact) mass is 417 g/mol. The van der Waals surface area contributed by atoms with Gasteiger partial charge in [0.15, 0.2) is 5.78 Å². The number of ketones is 1. The molecule has 0 aliphatic heterocycles. The molecule has 29 heavy (non-hydrogen) atoms. The Bertz CT molecular complexity index is 1220. The Balaban J connectivity index is 1.88. The predicted octanol–water partition coefficient (Wildman–Crippen LogP) is 1.11. The molecule has 3 N–H and O–H groups in total. The number of hydrogen-bond donors (Lipinski definition) is 2. The van der Waals surface area contributed by atoms with Gasteiger partial charge < -0.3 is 5.73 Å². The molecule has 0 aliphatic rings. The molecular formula is C18H23N7O3S. The molecule has 154 valence electrons. The number of hydrogen-bond acceptors (Lipinski definition) is 8. The van der Waals surface area contributed by atoms with Crippen molar-refractivity contribution in [3.63, 3.8) is 0 Å². The van der Waals surface area contributed by atoms with E-state index in [9.17, 15) is 14.4 Å². The summed E-state index contributed by atoms with van der Waals surface area (Å²) >= 11 is 1.08. The molecule has 0 bridgehead atoms. The third-order valence-corrected chi connectivity index (χ3v) is 5.48. The van der Waals surface area contributed by atoms with Crippen molar-refractivity contribution in [3.05, 3.63) is 43.4 Å². The first-order valence-electron chi connectivity index (χ1n) is 9.09. The van der Waals surface area contributed by atoms with E-state index in [0.717, 1.165) is 28.7 Å². The number of thioether (sulfide) groups is 1. The summed E-state index contributed by atoms with van der Waals surface area (Å²) < 4.78 is 2.84. The molecule has 0 aliphatic carbocycles. The number of rotatable bonds is 6. The van der Waals surface area contributed by atoms with Gasteiger partial charge in [0.25, 0.3) is 11.3 Å². The van der Waals surface area contributed by atoms with Gasteiger partial charge in [-0.05, 0) is 32.3 Å². The van der Waals surface area contributed by atoms with Crippen molar-refractivity contribution in [2.45, 2.75) is 46.3 Å². The lowest BCUT2D eigenvalue weighted by atomic mass is 10.2. The van der Waals surface area contributed by atoms with Gasteiger partial charge in [0, 0.05) is 17.9 Å². The highest BCUT2D eigenvalue weighted by molar-refractivity contribution is 7.99. The van der Waals surface area contributed by atoms with E-state index in [-0.39, 0.29) is 23.1 Å². The van der Waals surface area contributed by atoms with Crippen LogP contribution in [0.2, 0.25) is 0 Å². The largest absolute Gasteiger partial charge is 0.384 e. The standard InChI is InChI=1S/C18H23N7O3S/c1-8(2)6-24-14(19)13(15(27)21-18(24)28)12(26)7-29-17-22-16-20-10(4)9(3)11(5)25(16)23-17/h8H,6-7,19H2,1-5H3,(H,21,27,28). The maximum Gasteiger partial charge on any atom is 0.329 e. The molecule has 3 rings (SSSR count). The number of aromatic nitrogens is 6. The number of carbonyl (C=O) groups is 1. The van der Waals surface area contributed by atoms with Crippen molar-refractivity contribution in [1.29, 1.82) is 0 Å². The molecule has 0 atom stereocenters. The molecule has 3 heterocycles. The summed E-state index contributed by atoms with van der Waals surface area (Å²) in [6.07, 6.45) is 0. The first-order chi connectivity index (χ1) is 13.6. The molecule has 0 saturated carbocycles. The molecule has 0 saturated heterocycles. The zero-order valence-electron chi connectivity index (χ0n) is 16.9. The maximum absolute atomic E-state index is 12.7. The van der Waals surface area contributed by atoms with Crippen LogP contribution in [0.25, 0.3) is 5.78 Å². The Morgan fingerprint density at radius 3 is 2.55 bits per heavy atom. The highest BCUT2D eigenvalue weighted by Crippen LogP contribution is 2.19. The molecule has 3 aromatic rings. The summed E-state index contributed by atoms with van der Waals surface area (Å²) in [4.78, 5) is 47.8. The van der Waals surface area contributed by atoms with Gasteiger partial charge in [0.05, 0.1) is 5.75 Å². The predicted molar refractivity (Wildman–Crippen MR) is 111 cm³/mol. The quantitative estimate of drug-likeness (QED) is 0.449. The minimum Gasteiger partial charge on any atom is -0.384 e. The van der Waals surface area contributed by atoms with Gasteiger partial charge >= 0.3 is 5.69 Å². The number of H-pyrrole nitrogens is 1. The fraction of sp³-hybridized carbons (Fsp3) is 0.444. The summed E-state index contributed by atoms with van der Waals surface area (Å²) in [7, 11) is 0. The molecule has 0 radical (unpaired) electrons. The Morgan fingerprint density at radius 1 is 1.21 bits per heavy atom. The average molecular weight is 417 g/mol. The van der Waals surface area contributed by atoms with E-state index >= 15 is 0 Å². The van der Waals surface area contributed by atoms with Crippen molar-refractivity contribution >= 4 is 29.1 Å². The van der Waals surface area contributed by atoms with Gasteiger partial charge in [-0.15, -0.1) is 5.10 Å². The molecule has 0 amide bonds. The minimum atomic E-state index is -0.787. The van der Waals surface area contributed by atoms with E-state index < -0.39 is 17.0 Å². The fourth-order valence-corrected chi connectivity index (χ4v) is 3.59. The molecule has 3 aromatic heterocycles. The number of aromatic amines is 1. The number of fused-ring (bicyclic) bond motifs is 1. The van der Waals surface area contributed by atoms with Crippen LogP contribution >= 0.6 is 11.8 Å². The number of Topliss-reactive ketones (excluding diaryl/α,β-unsaturated/α-hetero) is 1. The molecule has 0 unspecified atom stereocenters. The van der Waals surface area contributed by atoms with Crippen molar-refractivity contribution in [2.24, 2.45) is 5.92 Å². The molecular weight excluding hydrogens is 394 g/mol. The normalized spacial score (nSPS) is 11.5. The van der Waals surface area contributed by atoms with Crippen LogP contribution in [0.5, 0.6) is 0 Å². The Hall–Kier alpha value is -2.95. The fourth-order valence-electron chi connectivity index (χ4n) is 2.90. The lowest BCUT2D eigenvalue weighted by Crippen LogP contribution is -2.37. The average Bonchev–Trinajstić information content (AvgIpc) is 3.04. The van der Waals surface area contributed by atoms with E-state index in [0.29, 0.717) is 17.5 Å². The Kier molecular flexibility index (Phi) is 5.60. The van der Waals surface area contributed by atoms with Crippen LogP contribution in [-0.2, 0) is 6.54 Å². The van der Waals surface area contributed by atoms with Gasteiger partial charge in [-0.2, -0.15) is 4.98 Å². The van der Waals surface area contributed by atoms with E-state index in [1.54, 1.807) is 4.52 Å². The third-order valence-electron chi connectivity index (χ3n) is 4.64. The number of aryl methyl sites for hydroxylation is 2. The van der Waals surface area contributed by atoms with Crippen molar-refractivity contribution in [1.82, 2.24) is 29.1 Å². The van der Waals surface area contributed by atoms with E-state index in [2.05, 4.69) is 20.1 Å². The first kappa shape index (κ1) is 20.8. The second-order valence-electron chi connectivity index (χ2n) is 7.25. The van der Waals surface area contributed by atoms with Crippen LogP contribution in [0.1, 0.15) is 41.2 Å². The van der Waals surface area contributed by atoms with Gasteiger partial charge in [-0.1, -0.05) is 25.6 Å². The summed E-state index contributed by atoms with van der Waals surface area (Å²) in [6.45, 7) is 9.88. The lowest BCUT2D eigenvalue weighted by molar-refractivity contribution is 0.102. The Labute approximate surface area is 170 Å². The van der Waals surface area contributed by atoms with Crippen LogP contribution in [0.15, 0.2) is 14.7 Å². The number of nitrogens with one attached hydrogen (secondary N) is 1. The summed E-state index contributed by atoms with van der Waals surface area (Å²) in [5, 5.41) is 4.74. The number of carbonyl (C=O) groups excluding carboxylic acids is 1. The molecule has 0 aromatic carbocycles. The first-order valence-corrected chi connectivity index (χ1v) is 10.1. The van der Waals surface area contributed by atoms with E-state index in [1.165, 1.54) is 4.57 Å². The van der Waals surface area contributed by atoms with Crippen LogP contribution in [-0.4, -0.2) is 40.7 Å². The maximum atomic E-state index is 12.7. The lowest BCUT2D eigenvalue weighted by Gasteiger charge is -2.13. The van der Waals surface area contributed by atoms with Crippen LogP contribution in [0.4, 0.5) is 5.82 Å². The SMILES string of the molecule is Cc1nc2nc(SCC(=O)c3c(N)n(CC(C)C)c(=O)[nH]c3=O)nn2c(C)c1C. The molecule has 11 heteroatoms. The van der Waals surface area contributed by atoms with Crippen LogP contribution < -0.4 is 17.0 Å². The minimum absolute atomic E-state index is 0.0962. The third kappa shape index (κ3) is 3.95. The summed E-state index contributed by atoms with van der Waals surface area (Å²) in [5.41, 5.74) is 7.15. The molecule has 10 nitrogen and oxygen atoms in total. The van der Waals surface area contributed by atoms with Gasteiger partial charge in [-0.25, -0.2) is 14.3 Å².